The van der Waals surface area contributed by atoms with Gasteiger partial charge >= 0.3 is 6.18 Å². The second-order valence-electron chi connectivity index (χ2n) is 7.36. The van der Waals surface area contributed by atoms with Gasteiger partial charge in [-0.25, -0.2) is 15.0 Å². The van der Waals surface area contributed by atoms with E-state index in [2.05, 4.69) is 25.3 Å². The van der Waals surface area contributed by atoms with Crippen LogP contribution in [-0.2, 0) is 9.53 Å². The lowest BCUT2D eigenvalue weighted by Crippen LogP contribution is -2.42. The maximum absolute atomic E-state index is 12.4. The molecule has 12 heteroatoms. The van der Waals surface area contributed by atoms with Gasteiger partial charge in [-0.2, -0.15) is 13.2 Å². The molecule has 1 amide bonds. The van der Waals surface area contributed by atoms with E-state index >= 15 is 0 Å². The fourth-order valence-electron chi connectivity index (χ4n) is 3.28. The van der Waals surface area contributed by atoms with E-state index in [1.807, 2.05) is 5.32 Å². The predicted octanol–water partition coefficient (Wildman–Crippen LogP) is 2.67. The van der Waals surface area contributed by atoms with E-state index < -0.39 is 24.7 Å². The van der Waals surface area contributed by atoms with Crippen LogP contribution >= 0.6 is 0 Å². The van der Waals surface area contributed by atoms with Crippen LogP contribution in [0, 0.1) is 0 Å². The minimum Gasteiger partial charge on any atom is -0.488 e. The molecular weight excluding hydrogens is 429 g/mol. The highest BCUT2D eigenvalue weighted by Crippen LogP contribution is 2.31. The molecule has 4 heterocycles. The second kappa shape index (κ2) is 8.99. The van der Waals surface area contributed by atoms with Gasteiger partial charge in [-0.05, 0) is 6.92 Å². The third kappa shape index (κ3) is 5.25. The molecule has 2 atom stereocenters. The highest BCUT2D eigenvalue weighted by Gasteiger charge is 2.29. The third-order valence-corrected chi connectivity index (χ3v) is 4.84. The summed E-state index contributed by atoms with van der Waals surface area (Å²) in [6, 6.07) is 2.38. The van der Waals surface area contributed by atoms with Gasteiger partial charge in [0.2, 0.25) is 5.91 Å². The zero-order chi connectivity index (χ0) is 22.7. The number of carbonyl (C=O) groups excluding carboxylic acids is 1. The monoisotopic (exact) mass is 450 g/mol. The molecule has 0 aliphatic carbocycles. The summed E-state index contributed by atoms with van der Waals surface area (Å²) in [7, 11) is 0. The van der Waals surface area contributed by atoms with Crippen molar-refractivity contribution in [3.8, 4) is 17.0 Å². The molecule has 1 aliphatic rings. The van der Waals surface area contributed by atoms with Crippen LogP contribution in [0.4, 0.5) is 19.0 Å². The van der Waals surface area contributed by atoms with Crippen molar-refractivity contribution in [1.29, 1.82) is 0 Å². The largest absolute Gasteiger partial charge is 0.488 e. The summed E-state index contributed by atoms with van der Waals surface area (Å²) < 4.78 is 48.6. The van der Waals surface area contributed by atoms with Crippen molar-refractivity contribution in [1.82, 2.24) is 25.3 Å². The Morgan fingerprint density at radius 1 is 1.41 bits per heavy atom. The average molecular weight is 450 g/mol. The van der Waals surface area contributed by atoms with Crippen LogP contribution in [0.15, 0.2) is 30.9 Å². The lowest BCUT2D eigenvalue weighted by molar-refractivity contribution is -0.138. The number of amides is 1. The Balaban J connectivity index is 1.60. The Kier molecular flexibility index (Phi) is 6.12. The maximum atomic E-state index is 12.4. The van der Waals surface area contributed by atoms with Crippen molar-refractivity contribution in [2.45, 2.75) is 31.7 Å². The molecule has 32 heavy (non-hydrogen) atoms. The molecule has 0 radical (unpaired) electrons. The summed E-state index contributed by atoms with van der Waals surface area (Å²) in [5.41, 5.74) is 1.86. The number of halogens is 3. The summed E-state index contributed by atoms with van der Waals surface area (Å²) in [6.07, 6.45) is 0.913. The molecule has 4 rings (SSSR count). The number of aromatic amines is 1. The van der Waals surface area contributed by atoms with Crippen molar-refractivity contribution in [2.75, 3.05) is 25.1 Å². The molecular formula is C20H21F3N6O3. The Morgan fingerprint density at radius 2 is 2.25 bits per heavy atom. The SMILES string of the molecule is CC(Nc1cc(OC2CCOC2)cc(-c2c[nH]c3ncncc23)n1)C(=O)NCC(F)(F)F. The normalized spacial score (nSPS) is 17.3. The quantitative estimate of drug-likeness (QED) is 0.507. The number of ether oxygens (including phenoxy) is 2. The first kappa shape index (κ1) is 21.8. The summed E-state index contributed by atoms with van der Waals surface area (Å²) in [6.45, 7) is 1.10. The third-order valence-electron chi connectivity index (χ3n) is 4.84. The summed E-state index contributed by atoms with van der Waals surface area (Å²) in [4.78, 5) is 27.9. The molecule has 2 unspecified atom stereocenters. The molecule has 0 aromatic carbocycles. The van der Waals surface area contributed by atoms with Crippen molar-refractivity contribution in [3.63, 3.8) is 0 Å². The first-order chi connectivity index (χ1) is 15.3. The number of rotatable bonds is 7. The van der Waals surface area contributed by atoms with Crippen LogP contribution in [0.3, 0.4) is 0 Å². The molecule has 0 bridgehead atoms. The van der Waals surface area contributed by atoms with Gasteiger partial charge in [0.1, 0.15) is 42.2 Å². The van der Waals surface area contributed by atoms with E-state index in [-0.39, 0.29) is 11.9 Å². The number of pyridine rings is 1. The van der Waals surface area contributed by atoms with Crippen molar-refractivity contribution >= 4 is 22.8 Å². The fourth-order valence-corrected chi connectivity index (χ4v) is 3.28. The highest BCUT2D eigenvalue weighted by molar-refractivity contribution is 5.92. The number of fused-ring (bicyclic) bond motifs is 1. The smallest absolute Gasteiger partial charge is 0.405 e. The van der Waals surface area contributed by atoms with Gasteiger partial charge in [-0.15, -0.1) is 0 Å². The maximum Gasteiger partial charge on any atom is 0.405 e. The second-order valence-corrected chi connectivity index (χ2v) is 7.36. The van der Waals surface area contributed by atoms with Crippen molar-refractivity contribution < 1.29 is 27.4 Å². The van der Waals surface area contributed by atoms with Gasteiger partial charge in [0.15, 0.2) is 0 Å². The van der Waals surface area contributed by atoms with E-state index in [0.717, 1.165) is 11.8 Å². The summed E-state index contributed by atoms with van der Waals surface area (Å²) in [5.74, 6) is -0.0407. The number of aromatic nitrogens is 4. The number of hydrogen-bond donors (Lipinski definition) is 3. The van der Waals surface area contributed by atoms with Gasteiger partial charge < -0.3 is 25.1 Å². The van der Waals surface area contributed by atoms with Gasteiger partial charge in [-0.1, -0.05) is 0 Å². The van der Waals surface area contributed by atoms with Crippen molar-refractivity contribution in [3.05, 3.63) is 30.9 Å². The summed E-state index contributed by atoms with van der Waals surface area (Å²) in [5, 5.41) is 5.45. The van der Waals surface area contributed by atoms with Crippen LogP contribution in [-0.4, -0.2) is 63.9 Å². The van der Waals surface area contributed by atoms with Crippen LogP contribution in [0.1, 0.15) is 13.3 Å². The molecule has 3 N–H and O–H groups in total. The number of nitrogens with zero attached hydrogens (tertiary/aromatic N) is 3. The zero-order valence-corrected chi connectivity index (χ0v) is 17.1. The molecule has 0 spiro atoms. The lowest BCUT2D eigenvalue weighted by atomic mass is 10.1. The number of nitrogens with one attached hydrogen (secondary N) is 3. The number of alkyl halides is 3. The van der Waals surface area contributed by atoms with Gasteiger partial charge in [0.05, 0.1) is 18.9 Å². The first-order valence-corrected chi connectivity index (χ1v) is 9.93. The Labute approximate surface area is 180 Å². The van der Waals surface area contributed by atoms with Gasteiger partial charge in [0.25, 0.3) is 0 Å². The van der Waals surface area contributed by atoms with E-state index in [9.17, 15) is 18.0 Å². The van der Waals surface area contributed by atoms with Gasteiger partial charge in [-0.3, -0.25) is 4.79 Å². The predicted molar refractivity (Wildman–Crippen MR) is 109 cm³/mol. The number of carbonyl (C=O) groups is 1. The number of anilines is 1. The Morgan fingerprint density at radius 3 is 3.00 bits per heavy atom. The minimum atomic E-state index is -4.49. The Bertz CT molecular complexity index is 1100. The van der Waals surface area contributed by atoms with E-state index in [0.29, 0.717) is 35.9 Å². The topological polar surface area (TPSA) is 114 Å². The molecule has 1 saturated heterocycles. The van der Waals surface area contributed by atoms with Crippen LogP contribution in [0.5, 0.6) is 5.75 Å². The summed E-state index contributed by atoms with van der Waals surface area (Å²) >= 11 is 0. The van der Waals surface area contributed by atoms with E-state index in [1.165, 1.54) is 13.3 Å². The van der Waals surface area contributed by atoms with Crippen molar-refractivity contribution in [2.24, 2.45) is 0 Å². The molecule has 0 saturated carbocycles. The van der Waals surface area contributed by atoms with E-state index in [1.54, 1.807) is 24.5 Å². The first-order valence-electron chi connectivity index (χ1n) is 9.93. The number of hydrogen-bond acceptors (Lipinski definition) is 7. The van der Waals surface area contributed by atoms with Crippen LogP contribution in [0.2, 0.25) is 0 Å². The molecule has 9 nitrogen and oxygen atoms in total. The molecule has 3 aromatic heterocycles. The standard InChI is InChI=1S/C20H21F3N6O3/c1-11(19(30)26-9-20(21,22)23)28-17-5-13(32-12-2-3-31-8-12)4-16(29-17)14-7-25-18-15(14)6-24-10-27-18/h4-7,10-12H,2-3,8-9H2,1H3,(H,26,30)(H,28,29)(H,24,25,27). The van der Waals surface area contributed by atoms with Crippen LogP contribution in [0.25, 0.3) is 22.3 Å². The zero-order valence-electron chi connectivity index (χ0n) is 17.1. The Hall–Kier alpha value is -3.41. The molecule has 1 aliphatic heterocycles. The van der Waals surface area contributed by atoms with Gasteiger partial charge in [0, 0.05) is 41.9 Å². The lowest BCUT2D eigenvalue weighted by Gasteiger charge is -2.18. The molecule has 170 valence electrons. The number of H-pyrrole nitrogens is 1. The fraction of sp³-hybridized carbons (Fsp3) is 0.400. The minimum absolute atomic E-state index is 0.128. The van der Waals surface area contributed by atoms with Crippen LogP contribution < -0.4 is 15.4 Å². The molecule has 1 fully saturated rings. The molecule has 3 aromatic rings. The average Bonchev–Trinajstić information content (AvgIpc) is 3.41. The highest BCUT2D eigenvalue weighted by atomic mass is 19.4. The van der Waals surface area contributed by atoms with E-state index in [4.69, 9.17) is 9.47 Å².